The molecule has 70 valence electrons. The van der Waals surface area contributed by atoms with Crippen LogP contribution in [0, 0.1) is 5.82 Å². The first-order valence-electron chi connectivity index (χ1n) is 3.47. The predicted molar refractivity (Wildman–Crippen MR) is 42.3 cm³/mol. The molecular weight excluding hydrogens is 224 g/mol. The van der Waals surface area contributed by atoms with Gasteiger partial charge in [-0.25, -0.2) is 4.39 Å². The number of pyridine rings is 1. The van der Waals surface area contributed by atoms with E-state index < -0.39 is 12.8 Å². The Kier molecular flexibility index (Phi) is 6.15. The molecule has 14 heavy (non-hydrogen) atoms. The molecule has 1 nitrogen and oxygen atoms in total. The number of hydrogen-bond donors (Lipinski definition) is 0. The molecule has 0 atom stereocenters. The summed E-state index contributed by atoms with van der Waals surface area (Å²) in [5.41, 5.74) is 0.0965. The first-order valence-corrected chi connectivity index (χ1v) is 3.47. The summed E-state index contributed by atoms with van der Waals surface area (Å²) < 4.78 is 47.5. The molecule has 0 aliphatic heterocycles. The molecule has 0 saturated heterocycles. The second-order valence-corrected chi connectivity index (χ2v) is 2.42. The van der Waals surface area contributed by atoms with Crippen molar-refractivity contribution in [2.24, 2.45) is 0 Å². The average Bonchev–Trinajstić information content (AvgIpc) is 2.00. The van der Waals surface area contributed by atoms with Crippen LogP contribution in [0.25, 0.3) is 6.08 Å². The van der Waals surface area contributed by atoms with E-state index in [1.165, 1.54) is 0 Å². The Morgan fingerprint density at radius 1 is 1.21 bits per heavy atom. The van der Waals surface area contributed by atoms with E-state index in [2.05, 4.69) is 4.98 Å². The Morgan fingerprint density at radius 2 is 1.86 bits per heavy atom. The van der Waals surface area contributed by atoms with Crippen molar-refractivity contribution in [1.29, 1.82) is 0 Å². The molecule has 0 fully saturated rings. The molecule has 1 rings (SSSR count). The van der Waals surface area contributed by atoms with E-state index in [-0.39, 0.29) is 62.9 Å². The van der Waals surface area contributed by atoms with Gasteiger partial charge in [-0.2, -0.15) is 0 Å². The Morgan fingerprint density at radius 3 is 2.36 bits per heavy atom. The largest absolute Gasteiger partial charge is 1.00 e. The van der Waals surface area contributed by atoms with Crippen molar-refractivity contribution in [3.8, 4) is 0 Å². The first-order chi connectivity index (χ1) is 5.97. The van der Waals surface area contributed by atoms with Gasteiger partial charge in [0, 0.05) is 6.20 Å². The van der Waals surface area contributed by atoms with Gasteiger partial charge in [0.2, 0.25) is 0 Å². The van der Waals surface area contributed by atoms with E-state index >= 15 is 0 Å². The number of halogens is 4. The third-order valence-electron chi connectivity index (χ3n) is 1.23. The third-order valence-corrected chi connectivity index (χ3v) is 1.23. The molecular formula is C7H5BF4KN. The molecule has 0 aliphatic rings. The molecule has 0 aromatic carbocycles. The monoisotopic (exact) mass is 229 g/mol. The van der Waals surface area contributed by atoms with Gasteiger partial charge >= 0.3 is 58.4 Å². The fourth-order valence-electron chi connectivity index (χ4n) is 0.740. The van der Waals surface area contributed by atoms with Gasteiger partial charge in [0.05, 0.1) is 6.20 Å². The zero-order valence-electron chi connectivity index (χ0n) is 7.42. The van der Waals surface area contributed by atoms with Crippen LogP contribution in [0.3, 0.4) is 0 Å². The topological polar surface area (TPSA) is 12.9 Å². The van der Waals surface area contributed by atoms with Gasteiger partial charge in [0.25, 0.3) is 0 Å². The van der Waals surface area contributed by atoms with Crippen LogP contribution in [-0.2, 0) is 0 Å². The zero-order valence-corrected chi connectivity index (χ0v) is 10.5. The molecule has 0 bridgehead atoms. The van der Waals surface area contributed by atoms with E-state index in [0.717, 1.165) is 24.5 Å². The van der Waals surface area contributed by atoms with Gasteiger partial charge in [0.1, 0.15) is 5.82 Å². The number of nitrogens with zero attached hydrogens (tertiary/aromatic N) is 1. The minimum Gasteiger partial charge on any atom is -0.445 e. The smallest absolute Gasteiger partial charge is 0.445 e. The molecule has 0 amide bonds. The van der Waals surface area contributed by atoms with E-state index in [1.807, 2.05) is 0 Å². The molecule has 1 aromatic rings. The Balaban J connectivity index is 0.00000169. The molecule has 0 N–H and O–H groups in total. The van der Waals surface area contributed by atoms with Crippen LogP contribution in [-0.4, -0.2) is 12.0 Å². The number of aromatic nitrogens is 1. The van der Waals surface area contributed by atoms with Crippen LogP contribution in [0.4, 0.5) is 17.3 Å². The second kappa shape index (κ2) is 6.02. The van der Waals surface area contributed by atoms with Gasteiger partial charge in [-0.05, 0) is 11.6 Å². The van der Waals surface area contributed by atoms with Crippen molar-refractivity contribution in [1.82, 2.24) is 4.98 Å². The molecule has 0 unspecified atom stereocenters. The van der Waals surface area contributed by atoms with Crippen LogP contribution in [0.1, 0.15) is 5.56 Å². The van der Waals surface area contributed by atoms with E-state index in [9.17, 15) is 17.3 Å². The summed E-state index contributed by atoms with van der Waals surface area (Å²) in [7, 11) is 0. The molecule has 7 heteroatoms. The zero-order chi connectivity index (χ0) is 9.90. The maximum atomic E-state index is 12.4. The number of hydrogen-bond acceptors (Lipinski definition) is 1. The molecule has 1 heterocycles. The Labute approximate surface area is 121 Å². The minimum atomic E-state index is -4.97. The van der Waals surface area contributed by atoms with Crippen molar-refractivity contribution >= 4 is 13.1 Å². The van der Waals surface area contributed by atoms with Crippen molar-refractivity contribution in [3.63, 3.8) is 0 Å². The van der Waals surface area contributed by atoms with Crippen molar-refractivity contribution in [2.75, 3.05) is 0 Å². The van der Waals surface area contributed by atoms with Crippen LogP contribution < -0.4 is 51.4 Å². The van der Waals surface area contributed by atoms with Gasteiger partial charge in [-0.3, -0.25) is 4.98 Å². The van der Waals surface area contributed by atoms with Crippen LogP contribution >= 0.6 is 0 Å². The number of rotatable bonds is 2. The second-order valence-electron chi connectivity index (χ2n) is 2.42. The summed E-state index contributed by atoms with van der Waals surface area (Å²) >= 11 is 0. The summed E-state index contributed by atoms with van der Waals surface area (Å²) in [4.78, 5) is 3.40. The Bertz CT molecular complexity index is 326. The van der Waals surface area contributed by atoms with Crippen molar-refractivity contribution < 1.29 is 68.7 Å². The van der Waals surface area contributed by atoms with Crippen molar-refractivity contribution in [2.45, 2.75) is 0 Å². The van der Waals surface area contributed by atoms with Crippen LogP contribution in [0.5, 0.6) is 0 Å². The molecule has 0 aliphatic carbocycles. The van der Waals surface area contributed by atoms with Gasteiger partial charge in [-0.15, -0.1) is 5.98 Å². The fourth-order valence-corrected chi connectivity index (χ4v) is 0.740. The summed E-state index contributed by atoms with van der Waals surface area (Å²) in [6.45, 7) is -4.97. The van der Waals surface area contributed by atoms with E-state index in [1.54, 1.807) is 0 Å². The molecule has 0 radical (unpaired) electrons. The maximum absolute atomic E-state index is 12.4. The molecule has 0 spiro atoms. The first kappa shape index (κ1) is 14.3. The normalized spacial score (nSPS) is 11.4. The molecule has 1 aromatic heterocycles. The summed E-state index contributed by atoms with van der Waals surface area (Å²) in [6, 6.07) is 0.978. The predicted octanol–water partition coefficient (Wildman–Crippen LogP) is -0.375. The van der Waals surface area contributed by atoms with Gasteiger partial charge in [0.15, 0.2) is 0 Å². The van der Waals surface area contributed by atoms with Crippen LogP contribution in [0.2, 0.25) is 0 Å². The van der Waals surface area contributed by atoms with E-state index in [0.29, 0.717) is 0 Å². The Hall–Kier alpha value is 0.311. The quantitative estimate of drug-likeness (QED) is 0.497. The average molecular weight is 229 g/mol. The fraction of sp³-hybridized carbons (Fsp3) is 0. The van der Waals surface area contributed by atoms with Crippen molar-refractivity contribution in [3.05, 3.63) is 35.8 Å². The SMILES string of the molecule is Fc1cncc(/C=C/[B-](F)(F)F)c1.[K+]. The van der Waals surface area contributed by atoms with E-state index in [4.69, 9.17) is 0 Å². The standard InChI is InChI=1S/C7H5BF4N.K/c9-7-3-6(4-13-5-7)1-2-8(10,11)12;/h1-5H;/q-1;+1/b2-1+;. The van der Waals surface area contributed by atoms with Gasteiger partial charge in [-0.1, -0.05) is 6.08 Å². The minimum absolute atomic E-state index is 0. The summed E-state index contributed by atoms with van der Waals surface area (Å²) in [5, 5.41) is 0. The van der Waals surface area contributed by atoms with Gasteiger partial charge < -0.3 is 12.9 Å². The maximum Gasteiger partial charge on any atom is 1.00 e. The summed E-state index contributed by atoms with van der Waals surface area (Å²) in [6.07, 6.45) is 2.87. The molecule has 0 saturated carbocycles. The third kappa shape index (κ3) is 5.92. The summed E-state index contributed by atoms with van der Waals surface area (Å²) in [5.74, 6) is -0.562. The van der Waals surface area contributed by atoms with Crippen LogP contribution in [0.15, 0.2) is 24.4 Å².